The Hall–Kier alpha value is -2.01. The van der Waals surface area contributed by atoms with Crippen LogP contribution in [0.3, 0.4) is 0 Å². The first-order valence-corrected chi connectivity index (χ1v) is 9.49. The molecule has 0 amide bonds. The highest BCUT2D eigenvalue weighted by molar-refractivity contribution is 14.0. The molecule has 0 aromatic carbocycles. The highest BCUT2D eigenvalue weighted by atomic mass is 127. The predicted molar refractivity (Wildman–Crippen MR) is 123 cm³/mol. The van der Waals surface area contributed by atoms with Gasteiger partial charge < -0.3 is 16.0 Å². The molecule has 1 aliphatic heterocycles. The maximum absolute atomic E-state index is 5.92. The smallest absolute Gasteiger partial charge is 0.225 e. The average Bonchev–Trinajstić information content (AvgIpc) is 2.73. The predicted octanol–water partition coefficient (Wildman–Crippen LogP) is 1.15. The lowest BCUT2D eigenvalue weighted by Crippen LogP contribution is -2.47. The number of pyridine rings is 1. The van der Waals surface area contributed by atoms with Crippen molar-refractivity contribution in [3.63, 3.8) is 0 Å². The van der Waals surface area contributed by atoms with E-state index in [0.717, 1.165) is 70.3 Å². The van der Waals surface area contributed by atoms with Crippen LogP contribution in [-0.4, -0.2) is 71.6 Å². The topological polar surface area (TPSA) is 95.6 Å². The molecule has 8 nitrogen and oxygen atoms in total. The van der Waals surface area contributed by atoms with Crippen LogP contribution in [0, 0.1) is 0 Å². The lowest BCUT2D eigenvalue weighted by Gasteiger charge is -2.34. The van der Waals surface area contributed by atoms with Gasteiger partial charge in [-0.1, -0.05) is 6.07 Å². The van der Waals surface area contributed by atoms with E-state index in [-0.39, 0.29) is 24.0 Å². The zero-order valence-corrected chi connectivity index (χ0v) is 18.4. The van der Waals surface area contributed by atoms with Crippen molar-refractivity contribution in [2.75, 3.05) is 50.7 Å². The van der Waals surface area contributed by atoms with Gasteiger partial charge in [-0.15, -0.1) is 24.0 Å². The molecule has 2 aromatic heterocycles. The zero-order chi connectivity index (χ0) is 18.7. The summed E-state index contributed by atoms with van der Waals surface area (Å²) >= 11 is 0. The second kappa shape index (κ2) is 12.4. The Morgan fingerprint density at radius 3 is 2.50 bits per heavy atom. The Labute approximate surface area is 183 Å². The molecule has 0 unspecified atom stereocenters. The SMILES string of the molecule is I.NC(=NCCCN1CCN(c2ncccn2)CC1)NCCc1ccccn1. The molecule has 3 rings (SSSR count). The van der Waals surface area contributed by atoms with Crippen molar-refractivity contribution < 1.29 is 0 Å². The largest absolute Gasteiger partial charge is 0.370 e. The molecule has 0 saturated carbocycles. The summed E-state index contributed by atoms with van der Waals surface area (Å²) < 4.78 is 0. The third-order valence-corrected chi connectivity index (χ3v) is 4.54. The highest BCUT2D eigenvalue weighted by Gasteiger charge is 2.17. The summed E-state index contributed by atoms with van der Waals surface area (Å²) in [5.74, 6) is 1.34. The quantitative estimate of drug-likeness (QED) is 0.245. The van der Waals surface area contributed by atoms with Crippen molar-refractivity contribution in [2.24, 2.45) is 10.7 Å². The molecule has 9 heteroatoms. The molecule has 1 aliphatic rings. The van der Waals surface area contributed by atoms with Crippen LogP contribution in [0.15, 0.2) is 47.8 Å². The third-order valence-electron chi connectivity index (χ3n) is 4.54. The maximum atomic E-state index is 5.92. The van der Waals surface area contributed by atoms with Crippen LogP contribution in [0.1, 0.15) is 12.1 Å². The Bertz CT molecular complexity index is 690. The number of halogens is 1. The van der Waals surface area contributed by atoms with Crippen molar-refractivity contribution in [3.05, 3.63) is 48.5 Å². The molecule has 3 N–H and O–H groups in total. The number of hydrogen-bond acceptors (Lipinski definition) is 6. The van der Waals surface area contributed by atoms with Crippen LogP contribution in [0.5, 0.6) is 0 Å². The van der Waals surface area contributed by atoms with E-state index in [9.17, 15) is 0 Å². The standard InChI is InChI=1S/C19H28N8.HI/c20-18(23-11-6-17-5-1-2-7-21-17)22-10-4-12-26-13-15-27(16-14-26)19-24-8-3-9-25-19;/h1-3,5,7-9H,4,6,10-16H2,(H3,20,22,23);1H. The van der Waals surface area contributed by atoms with Crippen LogP contribution < -0.4 is 16.0 Å². The number of rotatable bonds is 8. The van der Waals surface area contributed by atoms with Gasteiger partial charge in [-0.3, -0.25) is 14.9 Å². The zero-order valence-electron chi connectivity index (χ0n) is 16.1. The van der Waals surface area contributed by atoms with Crippen LogP contribution in [0.2, 0.25) is 0 Å². The van der Waals surface area contributed by atoms with Gasteiger partial charge in [0.25, 0.3) is 0 Å². The Morgan fingerprint density at radius 1 is 1.04 bits per heavy atom. The number of aromatic nitrogens is 3. The van der Waals surface area contributed by atoms with Crippen molar-refractivity contribution in [2.45, 2.75) is 12.8 Å². The lowest BCUT2D eigenvalue weighted by atomic mass is 10.3. The number of aliphatic imine (C=N–C) groups is 1. The van der Waals surface area contributed by atoms with Gasteiger partial charge in [0.15, 0.2) is 5.96 Å². The molecule has 1 saturated heterocycles. The molecule has 0 bridgehead atoms. The molecule has 0 spiro atoms. The molecular weight excluding hydrogens is 467 g/mol. The first-order chi connectivity index (χ1) is 13.3. The minimum Gasteiger partial charge on any atom is -0.370 e. The van der Waals surface area contributed by atoms with Crippen LogP contribution in [-0.2, 0) is 6.42 Å². The number of guanidine groups is 1. The number of anilines is 1. The molecule has 3 heterocycles. The second-order valence-electron chi connectivity index (χ2n) is 6.50. The molecule has 28 heavy (non-hydrogen) atoms. The summed E-state index contributed by atoms with van der Waals surface area (Å²) in [6, 6.07) is 7.77. The first kappa shape index (κ1) is 22.3. The minimum absolute atomic E-state index is 0. The summed E-state index contributed by atoms with van der Waals surface area (Å²) in [6.45, 7) is 6.50. The van der Waals surface area contributed by atoms with Crippen molar-refractivity contribution in [1.29, 1.82) is 0 Å². The van der Waals surface area contributed by atoms with Crippen molar-refractivity contribution >= 4 is 35.9 Å². The molecule has 2 aromatic rings. The van der Waals surface area contributed by atoms with Gasteiger partial charge in [-0.25, -0.2) is 9.97 Å². The molecule has 1 fully saturated rings. The van der Waals surface area contributed by atoms with Gasteiger partial charge in [-0.05, 0) is 24.6 Å². The molecular formula is C19H29IN8. The van der Waals surface area contributed by atoms with Crippen molar-refractivity contribution in [1.82, 2.24) is 25.2 Å². The van der Waals surface area contributed by atoms with Gasteiger partial charge in [0.05, 0.1) is 0 Å². The second-order valence-corrected chi connectivity index (χ2v) is 6.50. The van der Waals surface area contributed by atoms with Gasteiger partial charge in [0.2, 0.25) is 5.95 Å². The average molecular weight is 496 g/mol. The van der Waals surface area contributed by atoms with Gasteiger partial charge >= 0.3 is 0 Å². The monoisotopic (exact) mass is 496 g/mol. The Balaban J connectivity index is 0.00000280. The number of nitrogens with one attached hydrogen (secondary N) is 1. The number of nitrogens with zero attached hydrogens (tertiary/aromatic N) is 6. The van der Waals surface area contributed by atoms with E-state index >= 15 is 0 Å². The van der Waals surface area contributed by atoms with E-state index in [1.165, 1.54) is 0 Å². The Kier molecular flexibility index (Phi) is 9.91. The fourth-order valence-corrected chi connectivity index (χ4v) is 3.04. The van der Waals surface area contributed by atoms with Crippen LogP contribution in [0.4, 0.5) is 5.95 Å². The van der Waals surface area contributed by atoms with Gasteiger partial charge in [-0.2, -0.15) is 0 Å². The normalized spacial score (nSPS) is 15.1. The Morgan fingerprint density at radius 2 is 1.79 bits per heavy atom. The highest BCUT2D eigenvalue weighted by Crippen LogP contribution is 2.09. The van der Waals surface area contributed by atoms with E-state index in [1.54, 1.807) is 18.6 Å². The summed E-state index contributed by atoms with van der Waals surface area (Å²) in [7, 11) is 0. The number of nitrogens with two attached hydrogens (primary N) is 1. The molecule has 0 aliphatic carbocycles. The summed E-state index contributed by atoms with van der Waals surface area (Å²) in [6.07, 6.45) is 7.24. The van der Waals surface area contributed by atoms with E-state index in [0.29, 0.717) is 5.96 Å². The summed E-state index contributed by atoms with van der Waals surface area (Å²) in [5.41, 5.74) is 6.98. The maximum Gasteiger partial charge on any atom is 0.225 e. The third kappa shape index (κ3) is 7.55. The number of hydrogen-bond donors (Lipinski definition) is 2. The number of piperazine rings is 1. The summed E-state index contributed by atoms with van der Waals surface area (Å²) in [4.78, 5) is 22.0. The van der Waals surface area contributed by atoms with Crippen LogP contribution >= 0.6 is 24.0 Å². The van der Waals surface area contributed by atoms with E-state index < -0.39 is 0 Å². The van der Waals surface area contributed by atoms with Gasteiger partial charge in [0, 0.05) is 76.5 Å². The van der Waals surface area contributed by atoms with Crippen LogP contribution in [0.25, 0.3) is 0 Å². The fraction of sp³-hybridized carbons (Fsp3) is 0.474. The van der Waals surface area contributed by atoms with E-state index in [2.05, 4.69) is 35.1 Å². The van der Waals surface area contributed by atoms with Crippen molar-refractivity contribution in [3.8, 4) is 0 Å². The fourth-order valence-electron chi connectivity index (χ4n) is 3.04. The minimum atomic E-state index is 0. The summed E-state index contributed by atoms with van der Waals surface area (Å²) in [5, 5.41) is 3.15. The first-order valence-electron chi connectivity index (χ1n) is 9.49. The van der Waals surface area contributed by atoms with Gasteiger partial charge in [0.1, 0.15) is 0 Å². The lowest BCUT2D eigenvalue weighted by molar-refractivity contribution is 0.255. The molecule has 152 valence electrons. The molecule has 0 atom stereocenters. The van der Waals surface area contributed by atoms with E-state index in [4.69, 9.17) is 5.73 Å². The van der Waals surface area contributed by atoms with E-state index in [1.807, 2.05) is 24.3 Å². The molecule has 0 radical (unpaired) electrons.